The molecule has 0 rings (SSSR count). The van der Waals surface area contributed by atoms with Crippen LogP contribution in [0.4, 0.5) is 0 Å². The zero-order chi connectivity index (χ0) is 12.1. The van der Waals surface area contributed by atoms with Crippen molar-refractivity contribution in [2.24, 2.45) is 0 Å². The second-order valence-corrected chi connectivity index (χ2v) is 4.47. The van der Waals surface area contributed by atoms with Crippen LogP contribution in [-0.4, -0.2) is 17.9 Å². The minimum Gasteiger partial charge on any atom is -0.461 e. The number of hydrogen-bond acceptors (Lipinski definition) is 2. The van der Waals surface area contributed by atoms with Crippen LogP contribution in [0.25, 0.3) is 0 Å². The monoisotopic (exact) mass is 290 g/mol. The number of carbonyl (C=O) groups excluding carboxylic acids is 1. The van der Waals surface area contributed by atoms with E-state index in [1.807, 2.05) is 12.2 Å². The van der Waals surface area contributed by atoms with Crippen LogP contribution in [0, 0.1) is 0 Å². The summed E-state index contributed by atoms with van der Waals surface area (Å²) in [7, 11) is 0. The highest BCUT2D eigenvalue weighted by atomic mass is 79.9. The molecule has 3 heteroatoms. The van der Waals surface area contributed by atoms with Crippen molar-refractivity contribution in [1.82, 2.24) is 0 Å². The summed E-state index contributed by atoms with van der Waals surface area (Å²) in [5.41, 5.74) is 0. The Bertz CT molecular complexity index is 190. The number of unbranched alkanes of at least 4 members (excludes halogenated alkanes) is 5. The van der Waals surface area contributed by atoms with Crippen LogP contribution in [0.2, 0.25) is 0 Å². The lowest BCUT2D eigenvalue weighted by atomic mass is 10.1. The SMILES string of the molecule is CCCCCCCCC(=O)OCC=CCBr. The van der Waals surface area contributed by atoms with Crippen molar-refractivity contribution in [3.63, 3.8) is 0 Å². The molecular weight excluding hydrogens is 268 g/mol. The summed E-state index contributed by atoms with van der Waals surface area (Å²) < 4.78 is 5.03. The molecule has 0 radical (unpaired) electrons. The van der Waals surface area contributed by atoms with Crippen molar-refractivity contribution < 1.29 is 9.53 Å². The van der Waals surface area contributed by atoms with Gasteiger partial charge in [-0.25, -0.2) is 0 Å². The van der Waals surface area contributed by atoms with E-state index in [9.17, 15) is 4.79 Å². The number of esters is 1. The van der Waals surface area contributed by atoms with Crippen molar-refractivity contribution in [3.05, 3.63) is 12.2 Å². The number of ether oxygens (including phenoxy) is 1. The standard InChI is InChI=1S/C13H23BrO2/c1-2-3-4-5-6-7-10-13(15)16-12-9-8-11-14/h8-9H,2-7,10-12H2,1H3. The molecule has 0 aliphatic rings. The maximum atomic E-state index is 11.2. The molecule has 0 atom stereocenters. The lowest BCUT2D eigenvalue weighted by Gasteiger charge is -2.02. The summed E-state index contributed by atoms with van der Waals surface area (Å²) >= 11 is 3.26. The molecule has 16 heavy (non-hydrogen) atoms. The van der Waals surface area contributed by atoms with E-state index in [4.69, 9.17) is 4.74 Å². The highest BCUT2D eigenvalue weighted by Gasteiger charge is 2.00. The van der Waals surface area contributed by atoms with E-state index in [-0.39, 0.29) is 5.97 Å². The van der Waals surface area contributed by atoms with Gasteiger partial charge in [0.15, 0.2) is 0 Å². The molecule has 0 aliphatic heterocycles. The first-order valence-electron chi connectivity index (χ1n) is 6.17. The van der Waals surface area contributed by atoms with Crippen molar-refractivity contribution in [3.8, 4) is 0 Å². The zero-order valence-electron chi connectivity index (χ0n) is 10.2. The van der Waals surface area contributed by atoms with E-state index in [0.717, 1.165) is 18.2 Å². The first-order valence-corrected chi connectivity index (χ1v) is 7.30. The van der Waals surface area contributed by atoms with Gasteiger partial charge in [0.2, 0.25) is 0 Å². The van der Waals surface area contributed by atoms with Crippen molar-refractivity contribution >= 4 is 21.9 Å². The van der Waals surface area contributed by atoms with E-state index in [2.05, 4.69) is 22.9 Å². The van der Waals surface area contributed by atoms with E-state index < -0.39 is 0 Å². The molecule has 0 amide bonds. The number of rotatable bonds is 10. The lowest BCUT2D eigenvalue weighted by molar-refractivity contribution is -0.142. The second kappa shape index (κ2) is 12.8. The van der Waals surface area contributed by atoms with E-state index in [0.29, 0.717) is 13.0 Å². The average molecular weight is 291 g/mol. The normalized spacial score (nSPS) is 10.9. The number of halogens is 1. The second-order valence-electron chi connectivity index (χ2n) is 3.83. The average Bonchev–Trinajstić information content (AvgIpc) is 2.29. The Balaban J connectivity index is 3.20. The van der Waals surface area contributed by atoms with Gasteiger partial charge >= 0.3 is 5.97 Å². The molecule has 0 heterocycles. The Kier molecular flexibility index (Phi) is 12.5. The quantitative estimate of drug-likeness (QED) is 0.260. The van der Waals surface area contributed by atoms with Gasteiger partial charge in [0, 0.05) is 11.8 Å². The van der Waals surface area contributed by atoms with Crippen LogP contribution in [0.15, 0.2) is 12.2 Å². The van der Waals surface area contributed by atoms with Gasteiger partial charge in [0.05, 0.1) is 0 Å². The van der Waals surface area contributed by atoms with Gasteiger partial charge in [0.1, 0.15) is 6.61 Å². The third-order valence-corrected chi connectivity index (χ3v) is 2.70. The van der Waals surface area contributed by atoms with Crippen LogP contribution < -0.4 is 0 Å². The summed E-state index contributed by atoms with van der Waals surface area (Å²) in [6.07, 6.45) is 11.6. The predicted octanol–water partition coefficient (Wildman–Crippen LogP) is 4.23. The zero-order valence-corrected chi connectivity index (χ0v) is 11.8. The molecule has 0 N–H and O–H groups in total. The van der Waals surface area contributed by atoms with Crippen LogP contribution >= 0.6 is 15.9 Å². The number of allylic oxidation sites excluding steroid dienone is 1. The van der Waals surface area contributed by atoms with Gasteiger partial charge in [-0.2, -0.15) is 0 Å². The molecule has 0 aromatic heterocycles. The number of carbonyl (C=O) groups is 1. The predicted molar refractivity (Wildman–Crippen MR) is 71.9 cm³/mol. The highest BCUT2D eigenvalue weighted by molar-refractivity contribution is 9.09. The molecule has 0 bridgehead atoms. The molecular formula is C13H23BrO2. The largest absolute Gasteiger partial charge is 0.461 e. The Morgan fingerprint density at radius 2 is 1.81 bits per heavy atom. The fraction of sp³-hybridized carbons (Fsp3) is 0.769. The highest BCUT2D eigenvalue weighted by Crippen LogP contribution is 2.07. The fourth-order valence-corrected chi connectivity index (χ4v) is 1.66. The molecule has 0 fully saturated rings. The summed E-state index contributed by atoms with van der Waals surface area (Å²) in [5, 5.41) is 0.808. The van der Waals surface area contributed by atoms with E-state index in [1.54, 1.807) is 0 Å². The summed E-state index contributed by atoms with van der Waals surface area (Å²) in [5.74, 6) is -0.0743. The number of alkyl halides is 1. The van der Waals surface area contributed by atoms with Crippen molar-refractivity contribution in [1.29, 1.82) is 0 Å². The first-order chi connectivity index (χ1) is 7.81. The fourth-order valence-electron chi connectivity index (χ4n) is 1.39. The minimum absolute atomic E-state index is 0.0743. The van der Waals surface area contributed by atoms with Gasteiger partial charge in [-0.15, -0.1) is 0 Å². The molecule has 0 spiro atoms. The minimum atomic E-state index is -0.0743. The van der Waals surface area contributed by atoms with E-state index in [1.165, 1.54) is 25.7 Å². The van der Waals surface area contributed by atoms with Gasteiger partial charge in [-0.1, -0.05) is 67.1 Å². The van der Waals surface area contributed by atoms with Gasteiger partial charge in [0.25, 0.3) is 0 Å². The molecule has 0 saturated heterocycles. The smallest absolute Gasteiger partial charge is 0.306 e. The van der Waals surface area contributed by atoms with Crippen LogP contribution in [0.3, 0.4) is 0 Å². The van der Waals surface area contributed by atoms with Gasteiger partial charge in [-0.05, 0) is 6.42 Å². The van der Waals surface area contributed by atoms with Crippen LogP contribution in [-0.2, 0) is 9.53 Å². The maximum absolute atomic E-state index is 11.2. The van der Waals surface area contributed by atoms with E-state index >= 15 is 0 Å². The molecule has 94 valence electrons. The molecule has 0 unspecified atom stereocenters. The van der Waals surface area contributed by atoms with Gasteiger partial charge in [-0.3, -0.25) is 4.79 Å². The molecule has 2 nitrogen and oxygen atoms in total. The number of hydrogen-bond donors (Lipinski definition) is 0. The Hall–Kier alpha value is -0.310. The Labute approximate surface area is 108 Å². The van der Waals surface area contributed by atoms with Crippen molar-refractivity contribution in [2.45, 2.75) is 51.9 Å². The van der Waals surface area contributed by atoms with Crippen molar-refractivity contribution in [2.75, 3.05) is 11.9 Å². The van der Waals surface area contributed by atoms with Gasteiger partial charge < -0.3 is 4.74 Å². The third kappa shape index (κ3) is 11.8. The Morgan fingerprint density at radius 1 is 1.12 bits per heavy atom. The summed E-state index contributed by atoms with van der Waals surface area (Å²) in [4.78, 5) is 11.2. The molecule has 0 aromatic rings. The first kappa shape index (κ1) is 15.7. The maximum Gasteiger partial charge on any atom is 0.306 e. The molecule has 0 aromatic carbocycles. The van der Waals surface area contributed by atoms with Crippen LogP contribution in [0.5, 0.6) is 0 Å². The molecule has 0 saturated carbocycles. The third-order valence-electron chi connectivity index (χ3n) is 2.33. The summed E-state index contributed by atoms with van der Waals surface area (Å²) in [6.45, 7) is 2.61. The van der Waals surface area contributed by atoms with Crippen LogP contribution in [0.1, 0.15) is 51.9 Å². The Morgan fingerprint density at radius 3 is 2.50 bits per heavy atom. The lowest BCUT2D eigenvalue weighted by Crippen LogP contribution is -2.03. The summed E-state index contributed by atoms with van der Waals surface area (Å²) in [6, 6.07) is 0. The molecule has 0 aliphatic carbocycles. The topological polar surface area (TPSA) is 26.3 Å².